The molecular formula is C12H15N3O2. The molecule has 3 rings (SSSR count). The molecule has 0 saturated carbocycles. The van der Waals surface area contributed by atoms with Gasteiger partial charge in [0.2, 0.25) is 0 Å². The number of nitrogens with one attached hydrogen (secondary N) is 1. The number of hydrogen-bond donors (Lipinski definition) is 1. The number of likely N-dealkylation sites (N-methyl/N-ethyl adjacent to an activating group) is 1. The summed E-state index contributed by atoms with van der Waals surface area (Å²) in [6.07, 6.45) is 0.945. The van der Waals surface area contributed by atoms with Gasteiger partial charge in [0.15, 0.2) is 0 Å². The van der Waals surface area contributed by atoms with Gasteiger partial charge in [0.25, 0.3) is 0 Å². The zero-order chi connectivity index (χ0) is 12.0. The Labute approximate surface area is 98.6 Å². The SMILES string of the molecule is CN[C@@H]1Cc2cccc3c2n(c(=O)n3OC)C1. The average Bonchev–Trinajstić information content (AvgIpc) is 2.64. The van der Waals surface area contributed by atoms with Crippen molar-refractivity contribution in [3.05, 3.63) is 34.2 Å². The molecule has 1 aliphatic heterocycles. The standard InChI is InChI=1S/C12H15N3O2/c1-13-9-6-8-4-3-5-10-11(8)14(7-9)12(16)15(10)17-2/h3-5,9,13H,6-7H2,1-2H3/t9-/m1/s1. The Balaban J connectivity index is 2.36. The van der Waals surface area contributed by atoms with Gasteiger partial charge in [-0.2, -0.15) is 0 Å². The van der Waals surface area contributed by atoms with Crippen molar-refractivity contribution in [2.24, 2.45) is 0 Å². The minimum Gasteiger partial charge on any atom is -0.412 e. The predicted octanol–water partition coefficient (Wildman–Crippen LogP) is 0.00550. The molecular weight excluding hydrogens is 218 g/mol. The second kappa shape index (κ2) is 3.63. The first kappa shape index (κ1) is 10.4. The first-order valence-corrected chi connectivity index (χ1v) is 5.71. The third-order valence-corrected chi connectivity index (χ3v) is 3.45. The Morgan fingerprint density at radius 3 is 3.00 bits per heavy atom. The van der Waals surface area contributed by atoms with Crippen molar-refractivity contribution in [3.8, 4) is 0 Å². The van der Waals surface area contributed by atoms with Gasteiger partial charge < -0.3 is 10.2 Å². The van der Waals surface area contributed by atoms with E-state index in [4.69, 9.17) is 4.84 Å². The molecule has 0 aliphatic carbocycles. The molecule has 1 aromatic carbocycles. The van der Waals surface area contributed by atoms with Crippen molar-refractivity contribution in [3.63, 3.8) is 0 Å². The van der Waals surface area contributed by atoms with Gasteiger partial charge in [0.05, 0.1) is 5.52 Å². The summed E-state index contributed by atoms with van der Waals surface area (Å²) < 4.78 is 3.15. The minimum absolute atomic E-state index is 0.102. The predicted molar refractivity (Wildman–Crippen MR) is 65.3 cm³/mol. The molecule has 0 unspecified atom stereocenters. The topological polar surface area (TPSA) is 48.2 Å². The summed E-state index contributed by atoms with van der Waals surface area (Å²) in [6.45, 7) is 0.694. The highest BCUT2D eigenvalue weighted by atomic mass is 16.7. The number of rotatable bonds is 2. The van der Waals surface area contributed by atoms with Crippen LogP contribution in [0.25, 0.3) is 11.0 Å². The second-order valence-corrected chi connectivity index (χ2v) is 4.34. The zero-order valence-corrected chi connectivity index (χ0v) is 9.93. The van der Waals surface area contributed by atoms with Crippen molar-refractivity contribution in [1.29, 1.82) is 0 Å². The first-order valence-electron chi connectivity index (χ1n) is 5.71. The molecule has 1 N–H and O–H groups in total. The lowest BCUT2D eigenvalue weighted by Gasteiger charge is -2.22. The molecule has 0 bridgehead atoms. The fourth-order valence-corrected chi connectivity index (χ4v) is 2.62. The lowest BCUT2D eigenvalue weighted by molar-refractivity contribution is 0.165. The number of hydrogen-bond acceptors (Lipinski definition) is 3. The average molecular weight is 233 g/mol. The van der Waals surface area contributed by atoms with Crippen LogP contribution >= 0.6 is 0 Å². The van der Waals surface area contributed by atoms with E-state index in [0.29, 0.717) is 12.6 Å². The summed E-state index contributed by atoms with van der Waals surface area (Å²) in [5.41, 5.74) is 2.95. The van der Waals surface area contributed by atoms with E-state index >= 15 is 0 Å². The monoisotopic (exact) mass is 233 g/mol. The Bertz CT molecular complexity index is 626. The van der Waals surface area contributed by atoms with Gasteiger partial charge in [-0.15, -0.1) is 4.73 Å². The van der Waals surface area contributed by atoms with E-state index in [1.807, 2.05) is 19.2 Å². The quantitative estimate of drug-likeness (QED) is 0.794. The molecule has 5 heteroatoms. The van der Waals surface area contributed by atoms with E-state index in [-0.39, 0.29) is 5.69 Å². The number of imidazole rings is 1. The molecule has 1 aliphatic rings. The number of nitrogens with zero attached hydrogens (tertiary/aromatic N) is 2. The van der Waals surface area contributed by atoms with E-state index in [1.165, 1.54) is 17.4 Å². The Kier molecular flexibility index (Phi) is 2.22. The van der Waals surface area contributed by atoms with Crippen LogP contribution in [0.15, 0.2) is 23.0 Å². The molecule has 90 valence electrons. The van der Waals surface area contributed by atoms with E-state index in [0.717, 1.165) is 17.5 Å². The smallest absolute Gasteiger partial charge is 0.362 e. The van der Waals surface area contributed by atoms with Crippen LogP contribution in [0, 0.1) is 0 Å². The Morgan fingerprint density at radius 1 is 1.47 bits per heavy atom. The summed E-state index contributed by atoms with van der Waals surface area (Å²) >= 11 is 0. The molecule has 0 amide bonds. The molecule has 0 saturated heterocycles. The van der Waals surface area contributed by atoms with Gasteiger partial charge in [-0.25, -0.2) is 4.79 Å². The molecule has 2 aromatic rings. The van der Waals surface area contributed by atoms with E-state index in [9.17, 15) is 4.79 Å². The lowest BCUT2D eigenvalue weighted by Crippen LogP contribution is -2.39. The van der Waals surface area contributed by atoms with Crippen LogP contribution in [0.1, 0.15) is 5.56 Å². The van der Waals surface area contributed by atoms with E-state index < -0.39 is 0 Å². The minimum atomic E-state index is -0.102. The number of aromatic nitrogens is 2. The van der Waals surface area contributed by atoms with Crippen LogP contribution in [0.2, 0.25) is 0 Å². The van der Waals surface area contributed by atoms with Crippen LogP contribution in [0.4, 0.5) is 0 Å². The maximum absolute atomic E-state index is 12.2. The molecule has 0 spiro atoms. The maximum Gasteiger partial charge on any atom is 0.362 e. The van der Waals surface area contributed by atoms with Crippen molar-refractivity contribution < 1.29 is 4.84 Å². The molecule has 0 fully saturated rings. The fourth-order valence-electron chi connectivity index (χ4n) is 2.62. The summed E-state index contributed by atoms with van der Waals surface area (Å²) in [6, 6.07) is 6.26. The van der Waals surface area contributed by atoms with Crippen molar-refractivity contribution >= 4 is 11.0 Å². The Morgan fingerprint density at radius 2 is 2.29 bits per heavy atom. The van der Waals surface area contributed by atoms with Crippen LogP contribution in [0.3, 0.4) is 0 Å². The molecule has 0 radical (unpaired) electrons. The third kappa shape index (κ3) is 1.32. The first-order chi connectivity index (χ1) is 8.26. The highest BCUT2D eigenvalue weighted by Crippen LogP contribution is 2.23. The van der Waals surface area contributed by atoms with Crippen LogP contribution < -0.4 is 15.8 Å². The van der Waals surface area contributed by atoms with Crippen molar-refractivity contribution in [2.75, 3.05) is 14.2 Å². The van der Waals surface area contributed by atoms with Crippen molar-refractivity contribution in [1.82, 2.24) is 14.6 Å². The molecule has 1 aromatic heterocycles. The van der Waals surface area contributed by atoms with Crippen LogP contribution in [0.5, 0.6) is 0 Å². The molecule has 1 atom stereocenters. The summed E-state index contributed by atoms with van der Waals surface area (Å²) in [5, 5.41) is 3.23. The summed E-state index contributed by atoms with van der Waals surface area (Å²) in [4.78, 5) is 17.3. The second-order valence-electron chi connectivity index (χ2n) is 4.34. The third-order valence-electron chi connectivity index (χ3n) is 3.45. The van der Waals surface area contributed by atoms with E-state index in [1.54, 1.807) is 4.57 Å². The van der Waals surface area contributed by atoms with Crippen molar-refractivity contribution in [2.45, 2.75) is 19.0 Å². The molecule has 5 nitrogen and oxygen atoms in total. The maximum atomic E-state index is 12.2. The fraction of sp³-hybridized carbons (Fsp3) is 0.417. The van der Waals surface area contributed by atoms with Crippen LogP contribution in [-0.4, -0.2) is 29.5 Å². The van der Waals surface area contributed by atoms with Gasteiger partial charge in [-0.05, 0) is 25.1 Å². The Hall–Kier alpha value is -1.75. The summed E-state index contributed by atoms with van der Waals surface area (Å²) in [5.74, 6) is 0. The summed E-state index contributed by atoms with van der Waals surface area (Å²) in [7, 11) is 3.44. The van der Waals surface area contributed by atoms with Crippen LogP contribution in [-0.2, 0) is 13.0 Å². The lowest BCUT2D eigenvalue weighted by atomic mass is 10.0. The molecule has 2 heterocycles. The number of para-hydroxylation sites is 1. The van der Waals surface area contributed by atoms with Gasteiger partial charge >= 0.3 is 5.69 Å². The largest absolute Gasteiger partial charge is 0.412 e. The van der Waals surface area contributed by atoms with Gasteiger partial charge in [-0.3, -0.25) is 4.57 Å². The molecule has 17 heavy (non-hydrogen) atoms. The normalized spacial score (nSPS) is 18.6. The van der Waals surface area contributed by atoms with E-state index in [2.05, 4.69) is 11.4 Å². The van der Waals surface area contributed by atoms with Gasteiger partial charge in [0, 0.05) is 12.6 Å². The van der Waals surface area contributed by atoms with Gasteiger partial charge in [0.1, 0.15) is 12.6 Å². The van der Waals surface area contributed by atoms with Gasteiger partial charge in [-0.1, -0.05) is 12.1 Å². The number of benzene rings is 1. The highest BCUT2D eigenvalue weighted by molar-refractivity contribution is 5.80. The highest BCUT2D eigenvalue weighted by Gasteiger charge is 2.24. The zero-order valence-electron chi connectivity index (χ0n) is 9.93.